The fourth-order valence-electron chi connectivity index (χ4n) is 3.29. The van der Waals surface area contributed by atoms with Gasteiger partial charge in [0, 0.05) is 16.7 Å². The number of nitrogens with zero attached hydrogens (tertiary/aromatic N) is 4. The average molecular weight is 192 g/mol. The molecule has 3 saturated carbocycles. The molecule has 3 aliphatic rings. The van der Waals surface area contributed by atoms with Crippen LogP contribution in [0.15, 0.2) is 5.11 Å². The van der Waals surface area contributed by atoms with E-state index >= 15 is 0 Å². The topological polar surface area (TPSA) is 113 Å². The second-order valence-corrected chi connectivity index (χ2v) is 4.30. The molecule has 0 aromatic heterocycles. The van der Waals surface area contributed by atoms with E-state index in [9.17, 15) is 10.2 Å². The lowest BCUT2D eigenvalue weighted by Crippen LogP contribution is -2.50. The van der Waals surface area contributed by atoms with Crippen LogP contribution in [0, 0.1) is 34.5 Å². The lowest BCUT2D eigenvalue weighted by molar-refractivity contribution is -0.0467. The van der Waals surface area contributed by atoms with Gasteiger partial charge in [0.2, 0.25) is 0 Å². The molecule has 7 atom stereocenters. The molecule has 0 bridgehead atoms. The van der Waals surface area contributed by atoms with Crippen molar-refractivity contribution in [2.75, 3.05) is 0 Å². The van der Waals surface area contributed by atoms with Gasteiger partial charge in [-0.25, -0.2) is 0 Å². The standard InChI is InChI=1S/C8H8N4O2/c9-1-8-2-3(8)6(13)5(11-12-10)7(14)4(2)8/h2-7,13-14H/t2?,3-,4+,5?,6+,7-,8?. The molecule has 0 aromatic carbocycles. The van der Waals surface area contributed by atoms with Gasteiger partial charge in [0.25, 0.3) is 0 Å². The highest BCUT2D eigenvalue weighted by Crippen LogP contribution is 2.88. The quantitative estimate of drug-likeness (QED) is 0.340. The molecule has 0 aromatic rings. The summed E-state index contributed by atoms with van der Waals surface area (Å²) in [5, 5.41) is 31.7. The van der Waals surface area contributed by atoms with Crippen molar-refractivity contribution in [3.05, 3.63) is 10.4 Å². The Morgan fingerprint density at radius 2 is 1.86 bits per heavy atom. The van der Waals surface area contributed by atoms with Crippen LogP contribution in [0.5, 0.6) is 0 Å². The number of rotatable bonds is 1. The molecular weight excluding hydrogens is 184 g/mol. The van der Waals surface area contributed by atoms with Gasteiger partial charge in [-0.05, 0) is 11.4 Å². The largest absolute Gasteiger partial charge is 0.392 e. The van der Waals surface area contributed by atoms with Crippen molar-refractivity contribution in [2.24, 2.45) is 28.3 Å². The maximum atomic E-state index is 9.72. The van der Waals surface area contributed by atoms with Crippen LogP contribution in [-0.4, -0.2) is 28.5 Å². The molecule has 6 heteroatoms. The zero-order valence-corrected chi connectivity index (χ0v) is 7.15. The highest BCUT2D eigenvalue weighted by atomic mass is 16.3. The van der Waals surface area contributed by atoms with E-state index in [0.29, 0.717) is 0 Å². The zero-order chi connectivity index (χ0) is 10.1. The minimum absolute atomic E-state index is 0.0728. The van der Waals surface area contributed by atoms with Crippen molar-refractivity contribution in [1.82, 2.24) is 0 Å². The molecule has 0 spiro atoms. The summed E-state index contributed by atoms with van der Waals surface area (Å²) in [7, 11) is 0. The minimum atomic E-state index is -0.851. The van der Waals surface area contributed by atoms with Crippen LogP contribution in [0.3, 0.4) is 0 Å². The second-order valence-electron chi connectivity index (χ2n) is 4.30. The first kappa shape index (κ1) is 8.06. The van der Waals surface area contributed by atoms with E-state index in [4.69, 9.17) is 10.8 Å². The summed E-state index contributed by atoms with van der Waals surface area (Å²) >= 11 is 0. The number of hydrogen-bond donors (Lipinski definition) is 2. The molecule has 0 amide bonds. The normalized spacial score (nSPS) is 61.8. The first-order valence-electron chi connectivity index (χ1n) is 4.51. The highest BCUT2D eigenvalue weighted by Gasteiger charge is 2.93. The van der Waals surface area contributed by atoms with E-state index < -0.39 is 23.7 Å². The number of aliphatic hydroxyl groups excluding tert-OH is 2. The van der Waals surface area contributed by atoms with E-state index in [-0.39, 0.29) is 17.8 Å². The summed E-state index contributed by atoms with van der Waals surface area (Å²) in [5.74, 6) is -0.00422. The fraction of sp³-hybridized carbons (Fsp3) is 0.875. The number of azide groups is 1. The van der Waals surface area contributed by atoms with Crippen molar-refractivity contribution in [3.8, 4) is 6.07 Å². The van der Waals surface area contributed by atoms with Crippen molar-refractivity contribution >= 4 is 0 Å². The number of aliphatic hydroxyl groups is 2. The molecule has 2 N–H and O–H groups in total. The Kier molecular flexibility index (Phi) is 1.17. The molecule has 72 valence electrons. The SMILES string of the molecule is N#CC12C3[C@@H]1[C@H](O)C(N=[N+]=[N-])[C@H](O)[C@H]32. The van der Waals surface area contributed by atoms with Gasteiger partial charge in [-0.2, -0.15) is 5.26 Å². The fourth-order valence-corrected chi connectivity index (χ4v) is 3.29. The third kappa shape index (κ3) is 0.555. The van der Waals surface area contributed by atoms with Gasteiger partial charge >= 0.3 is 0 Å². The molecule has 3 aliphatic carbocycles. The van der Waals surface area contributed by atoms with Crippen LogP contribution < -0.4 is 0 Å². The molecule has 0 radical (unpaired) electrons. The second kappa shape index (κ2) is 2.04. The van der Waals surface area contributed by atoms with Crippen LogP contribution in [0.1, 0.15) is 0 Å². The Bertz CT molecular complexity index is 379. The van der Waals surface area contributed by atoms with Gasteiger partial charge < -0.3 is 10.2 Å². The smallest absolute Gasteiger partial charge is 0.0899 e. The van der Waals surface area contributed by atoms with Crippen LogP contribution in [0.25, 0.3) is 10.4 Å². The third-order valence-electron chi connectivity index (χ3n) is 4.02. The Labute approximate surface area is 79.4 Å². The molecule has 3 rings (SSSR count). The van der Waals surface area contributed by atoms with Crippen LogP contribution in [0.2, 0.25) is 0 Å². The van der Waals surface area contributed by atoms with Crippen molar-refractivity contribution in [2.45, 2.75) is 18.2 Å². The van der Waals surface area contributed by atoms with Crippen molar-refractivity contribution in [1.29, 1.82) is 5.26 Å². The Morgan fingerprint density at radius 1 is 1.29 bits per heavy atom. The van der Waals surface area contributed by atoms with E-state index in [1.807, 2.05) is 0 Å². The lowest BCUT2D eigenvalue weighted by atomic mass is 9.76. The molecule has 14 heavy (non-hydrogen) atoms. The van der Waals surface area contributed by atoms with E-state index in [1.54, 1.807) is 0 Å². The van der Waals surface area contributed by atoms with Crippen LogP contribution >= 0.6 is 0 Å². The molecule has 0 aliphatic heterocycles. The summed E-state index contributed by atoms with van der Waals surface area (Å²) < 4.78 is 0. The van der Waals surface area contributed by atoms with Gasteiger partial charge in [0.1, 0.15) is 0 Å². The molecule has 0 saturated heterocycles. The summed E-state index contributed by atoms with van der Waals surface area (Å²) in [6.45, 7) is 0. The Balaban J connectivity index is 1.92. The lowest BCUT2D eigenvalue weighted by Gasteiger charge is -2.36. The molecule has 6 nitrogen and oxygen atoms in total. The van der Waals surface area contributed by atoms with Gasteiger partial charge in [-0.15, -0.1) is 0 Å². The summed E-state index contributed by atoms with van der Waals surface area (Å²) in [6, 6.07) is 1.39. The Hall–Kier alpha value is -1.28. The molecule has 3 fully saturated rings. The third-order valence-corrected chi connectivity index (χ3v) is 4.02. The van der Waals surface area contributed by atoms with E-state index in [1.165, 1.54) is 0 Å². The van der Waals surface area contributed by atoms with Crippen molar-refractivity contribution in [3.63, 3.8) is 0 Å². The van der Waals surface area contributed by atoms with Crippen LogP contribution in [0.4, 0.5) is 0 Å². The average Bonchev–Trinajstić information content (AvgIpc) is 2.98. The van der Waals surface area contributed by atoms with Gasteiger partial charge in [0.05, 0.1) is 29.7 Å². The number of fused-ring (bicyclic) bond motifs is 2. The predicted octanol–water partition coefficient (Wildman–Crippen LogP) is -0.214. The number of nitriles is 1. The van der Waals surface area contributed by atoms with Gasteiger partial charge in [0.15, 0.2) is 0 Å². The molecule has 3 unspecified atom stereocenters. The first-order chi connectivity index (χ1) is 6.70. The van der Waals surface area contributed by atoms with Crippen molar-refractivity contribution < 1.29 is 10.2 Å². The van der Waals surface area contributed by atoms with Gasteiger partial charge in [-0.3, -0.25) is 0 Å². The monoisotopic (exact) mass is 192 g/mol. The maximum Gasteiger partial charge on any atom is 0.0899 e. The summed E-state index contributed by atoms with van der Waals surface area (Å²) in [5.41, 5.74) is 7.77. The predicted molar refractivity (Wildman–Crippen MR) is 43.5 cm³/mol. The van der Waals surface area contributed by atoms with E-state index in [0.717, 1.165) is 0 Å². The summed E-state index contributed by atoms with van der Waals surface area (Å²) in [6.07, 6.45) is -1.70. The summed E-state index contributed by atoms with van der Waals surface area (Å²) in [4.78, 5) is 2.60. The molecular formula is C8H8N4O2. The highest BCUT2D eigenvalue weighted by molar-refractivity contribution is 5.46. The molecule has 0 heterocycles. The maximum absolute atomic E-state index is 9.72. The van der Waals surface area contributed by atoms with E-state index in [2.05, 4.69) is 16.1 Å². The van der Waals surface area contributed by atoms with Crippen LogP contribution in [-0.2, 0) is 0 Å². The zero-order valence-electron chi connectivity index (χ0n) is 7.15. The van der Waals surface area contributed by atoms with Gasteiger partial charge in [-0.1, -0.05) is 5.11 Å². The number of hydrogen-bond acceptors (Lipinski definition) is 4. The minimum Gasteiger partial charge on any atom is -0.392 e. The Morgan fingerprint density at radius 3 is 2.21 bits per heavy atom. The first-order valence-corrected chi connectivity index (χ1v) is 4.51.